The van der Waals surface area contributed by atoms with E-state index in [1.54, 1.807) is 62.6 Å². The van der Waals surface area contributed by atoms with Gasteiger partial charge in [0.25, 0.3) is 5.91 Å². The molecule has 0 bridgehead atoms. The van der Waals surface area contributed by atoms with Gasteiger partial charge in [0, 0.05) is 11.4 Å². The van der Waals surface area contributed by atoms with Crippen LogP contribution in [0.2, 0.25) is 10.0 Å². The first-order chi connectivity index (χ1) is 13.4. The Labute approximate surface area is 172 Å². The number of carbonyl (C=O) groups is 2. The van der Waals surface area contributed by atoms with E-state index in [9.17, 15) is 9.59 Å². The lowest BCUT2D eigenvalue weighted by Crippen LogP contribution is -2.24. The first-order valence-corrected chi connectivity index (χ1v) is 9.07. The molecule has 1 heterocycles. The Kier molecular flexibility index (Phi) is 5.77. The SMILES string of the molecule is COC(=O)C1=C(C)N(c2ccc(OC)cc2)C(=O)/C1=C\c1ccc(Cl)c(Cl)c1. The molecule has 0 aromatic heterocycles. The first-order valence-electron chi connectivity index (χ1n) is 8.32. The van der Waals surface area contributed by atoms with Crippen molar-refractivity contribution in [1.29, 1.82) is 0 Å². The molecule has 2 aromatic carbocycles. The highest BCUT2D eigenvalue weighted by molar-refractivity contribution is 6.42. The summed E-state index contributed by atoms with van der Waals surface area (Å²) in [5, 5.41) is 0.759. The minimum atomic E-state index is -0.590. The van der Waals surface area contributed by atoms with Gasteiger partial charge in [-0.05, 0) is 55.0 Å². The third kappa shape index (κ3) is 3.63. The van der Waals surface area contributed by atoms with Crippen molar-refractivity contribution in [2.24, 2.45) is 0 Å². The third-order valence-corrected chi connectivity index (χ3v) is 5.11. The molecule has 1 amide bonds. The maximum Gasteiger partial charge on any atom is 0.340 e. The molecule has 1 aliphatic rings. The lowest BCUT2D eigenvalue weighted by atomic mass is 10.0. The van der Waals surface area contributed by atoms with Gasteiger partial charge in [-0.1, -0.05) is 29.3 Å². The van der Waals surface area contributed by atoms with E-state index in [1.165, 1.54) is 12.0 Å². The monoisotopic (exact) mass is 417 g/mol. The molecule has 144 valence electrons. The molecule has 0 aliphatic carbocycles. The van der Waals surface area contributed by atoms with Gasteiger partial charge in [-0.25, -0.2) is 4.79 Å². The fourth-order valence-corrected chi connectivity index (χ4v) is 3.30. The first kappa shape index (κ1) is 20.0. The van der Waals surface area contributed by atoms with Crippen LogP contribution in [0, 0.1) is 0 Å². The van der Waals surface area contributed by atoms with Crippen LogP contribution in [-0.4, -0.2) is 26.1 Å². The fraction of sp³-hybridized carbons (Fsp3) is 0.143. The molecule has 0 spiro atoms. The number of anilines is 1. The number of nitrogens with zero attached hydrogens (tertiary/aromatic N) is 1. The van der Waals surface area contributed by atoms with Crippen LogP contribution in [0.1, 0.15) is 12.5 Å². The molecule has 0 saturated heterocycles. The molecular formula is C21H17Cl2NO4. The molecule has 28 heavy (non-hydrogen) atoms. The number of allylic oxidation sites excluding steroid dienone is 1. The van der Waals surface area contributed by atoms with E-state index in [0.29, 0.717) is 32.7 Å². The van der Waals surface area contributed by atoms with Crippen LogP contribution in [-0.2, 0) is 14.3 Å². The zero-order chi connectivity index (χ0) is 20.4. The summed E-state index contributed by atoms with van der Waals surface area (Å²) >= 11 is 12.0. The van der Waals surface area contributed by atoms with Crippen molar-refractivity contribution in [3.63, 3.8) is 0 Å². The molecule has 0 fully saturated rings. The zero-order valence-corrected chi connectivity index (χ0v) is 17.0. The van der Waals surface area contributed by atoms with Crippen LogP contribution in [0.15, 0.2) is 59.3 Å². The van der Waals surface area contributed by atoms with Gasteiger partial charge in [0.15, 0.2) is 0 Å². The van der Waals surface area contributed by atoms with Crippen molar-refractivity contribution in [3.05, 3.63) is 74.9 Å². The molecule has 3 rings (SSSR count). The van der Waals surface area contributed by atoms with Crippen LogP contribution < -0.4 is 9.64 Å². The van der Waals surface area contributed by atoms with Gasteiger partial charge in [-0.3, -0.25) is 9.69 Å². The molecule has 1 aliphatic heterocycles. The van der Waals surface area contributed by atoms with Crippen molar-refractivity contribution in [2.75, 3.05) is 19.1 Å². The molecule has 5 nitrogen and oxygen atoms in total. The maximum atomic E-state index is 13.2. The van der Waals surface area contributed by atoms with E-state index in [-0.39, 0.29) is 17.1 Å². The zero-order valence-electron chi connectivity index (χ0n) is 15.5. The molecule has 0 saturated carbocycles. The number of rotatable bonds is 4. The highest BCUT2D eigenvalue weighted by Gasteiger charge is 2.37. The standard InChI is InChI=1S/C21H17Cl2NO4/c1-12-19(21(26)28-3)16(10-13-4-9-17(22)18(23)11-13)20(25)24(12)14-5-7-15(27-2)8-6-14/h4-11H,1-3H3/b16-10-. The highest BCUT2D eigenvalue weighted by atomic mass is 35.5. The van der Waals surface area contributed by atoms with Crippen molar-refractivity contribution in [1.82, 2.24) is 0 Å². The predicted molar refractivity (Wildman–Crippen MR) is 110 cm³/mol. The summed E-state index contributed by atoms with van der Waals surface area (Å²) in [6, 6.07) is 12.0. The number of esters is 1. The average molecular weight is 418 g/mol. The second-order valence-corrected chi connectivity index (χ2v) is 6.84. The lowest BCUT2D eigenvalue weighted by molar-refractivity contribution is -0.136. The molecule has 2 aromatic rings. The Hall–Kier alpha value is -2.76. The fourth-order valence-electron chi connectivity index (χ4n) is 2.99. The van der Waals surface area contributed by atoms with Crippen molar-refractivity contribution in [3.8, 4) is 5.75 Å². The van der Waals surface area contributed by atoms with Gasteiger partial charge in [-0.15, -0.1) is 0 Å². The molecule has 0 atom stereocenters. The minimum Gasteiger partial charge on any atom is -0.497 e. The van der Waals surface area contributed by atoms with Gasteiger partial charge >= 0.3 is 5.97 Å². The second-order valence-electron chi connectivity index (χ2n) is 6.02. The van der Waals surface area contributed by atoms with Crippen molar-refractivity contribution >= 4 is 46.8 Å². The van der Waals surface area contributed by atoms with E-state index >= 15 is 0 Å². The molecule has 0 radical (unpaired) electrons. The van der Waals surface area contributed by atoms with Gasteiger partial charge in [0.05, 0.1) is 35.4 Å². The number of carbonyl (C=O) groups excluding carboxylic acids is 2. The van der Waals surface area contributed by atoms with Gasteiger partial charge < -0.3 is 9.47 Å². The van der Waals surface area contributed by atoms with E-state index in [0.717, 1.165) is 0 Å². The summed E-state index contributed by atoms with van der Waals surface area (Å²) in [7, 11) is 2.84. The van der Waals surface area contributed by atoms with E-state index in [2.05, 4.69) is 0 Å². The summed E-state index contributed by atoms with van der Waals surface area (Å²) in [6.07, 6.45) is 1.60. The number of amides is 1. The second kappa shape index (κ2) is 8.09. The number of methoxy groups -OCH3 is 2. The predicted octanol–water partition coefficient (Wildman–Crippen LogP) is 4.88. The van der Waals surface area contributed by atoms with Gasteiger partial charge in [0.2, 0.25) is 0 Å². The van der Waals surface area contributed by atoms with E-state index < -0.39 is 5.97 Å². The van der Waals surface area contributed by atoms with Crippen molar-refractivity contribution < 1.29 is 19.1 Å². The van der Waals surface area contributed by atoms with Crippen LogP contribution >= 0.6 is 23.2 Å². The Morgan fingerprint density at radius 2 is 1.71 bits per heavy atom. The van der Waals surface area contributed by atoms with E-state index in [4.69, 9.17) is 32.7 Å². The number of hydrogen-bond acceptors (Lipinski definition) is 4. The minimum absolute atomic E-state index is 0.203. The molecule has 0 N–H and O–H groups in total. The summed E-state index contributed by atoms with van der Waals surface area (Å²) < 4.78 is 10.1. The summed E-state index contributed by atoms with van der Waals surface area (Å²) in [6.45, 7) is 1.70. The maximum absolute atomic E-state index is 13.2. The number of ether oxygens (including phenoxy) is 2. The number of benzene rings is 2. The lowest BCUT2D eigenvalue weighted by Gasteiger charge is -2.18. The number of hydrogen-bond donors (Lipinski definition) is 0. The van der Waals surface area contributed by atoms with Gasteiger partial charge in [-0.2, -0.15) is 0 Å². The van der Waals surface area contributed by atoms with Crippen LogP contribution in [0.3, 0.4) is 0 Å². The van der Waals surface area contributed by atoms with Crippen molar-refractivity contribution in [2.45, 2.75) is 6.92 Å². The Morgan fingerprint density at radius 3 is 2.29 bits per heavy atom. The third-order valence-electron chi connectivity index (χ3n) is 4.37. The molecule has 7 heteroatoms. The summed E-state index contributed by atoms with van der Waals surface area (Å²) in [4.78, 5) is 27.0. The largest absolute Gasteiger partial charge is 0.497 e. The summed E-state index contributed by atoms with van der Waals surface area (Å²) in [5.74, 6) is -0.265. The molecular weight excluding hydrogens is 401 g/mol. The Bertz CT molecular complexity index is 1010. The average Bonchev–Trinajstić information content (AvgIpc) is 2.94. The normalized spacial score (nSPS) is 15.4. The van der Waals surface area contributed by atoms with E-state index in [1.807, 2.05) is 0 Å². The topological polar surface area (TPSA) is 55.8 Å². The Balaban J connectivity index is 2.11. The number of halogens is 2. The van der Waals surface area contributed by atoms with Crippen LogP contribution in [0.5, 0.6) is 5.75 Å². The Morgan fingerprint density at radius 1 is 1.04 bits per heavy atom. The summed E-state index contributed by atoms with van der Waals surface area (Å²) in [5.41, 5.74) is 2.16. The van der Waals surface area contributed by atoms with Gasteiger partial charge in [0.1, 0.15) is 5.75 Å². The van der Waals surface area contributed by atoms with Crippen LogP contribution in [0.4, 0.5) is 5.69 Å². The smallest absolute Gasteiger partial charge is 0.340 e. The molecule has 0 unspecified atom stereocenters. The highest BCUT2D eigenvalue weighted by Crippen LogP contribution is 2.36. The van der Waals surface area contributed by atoms with Crippen LogP contribution in [0.25, 0.3) is 6.08 Å². The quantitative estimate of drug-likeness (QED) is 0.525.